The number of ether oxygens (including phenoxy) is 2. The number of fused-ring (bicyclic) bond motifs is 1. The summed E-state index contributed by atoms with van der Waals surface area (Å²) >= 11 is 5.81. The second-order valence-electron chi connectivity index (χ2n) is 5.01. The molecule has 0 radical (unpaired) electrons. The maximum absolute atomic E-state index is 12.1. The third kappa shape index (κ3) is 3.58. The first-order valence-electron chi connectivity index (χ1n) is 7.27. The predicted octanol–water partition coefficient (Wildman–Crippen LogP) is 3.91. The Labute approximate surface area is 144 Å². The SMILES string of the molecule is COc1ccc(NC(=O)COc2ccc(Cl)cc2)c2cccnc12. The van der Waals surface area contributed by atoms with Gasteiger partial charge in [0.15, 0.2) is 6.61 Å². The molecule has 0 bridgehead atoms. The van der Waals surface area contributed by atoms with Crippen molar-refractivity contribution in [1.29, 1.82) is 0 Å². The summed E-state index contributed by atoms with van der Waals surface area (Å²) in [5.41, 5.74) is 1.35. The van der Waals surface area contributed by atoms with E-state index < -0.39 is 0 Å². The van der Waals surface area contributed by atoms with Crippen molar-refractivity contribution in [3.8, 4) is 11.5 Å². The van der Waals surface area contributed by atoms with Gasteiger partial charge >= 0.3 is 0 Å². The zero-order valence-corrected chi connectivity index (χ0v) is 13.7. The molecule has 3 rings (SSSR count). The normalized spacial score (nSPS) is 10.4. The fraction of sp³-hybridized carbons (Fsp3) is 0.111. The molecule has 0 atom stereocenters. The summed E-state index contributed by atoms with van der Waals surface area (Å²) in [6, 6.07) is 14.1. The number of anilines is 1. The van der Waals surface area contributed by atoms with Gasteiger partial charge in [0.05, 0.1) is 12.8 Å². The number of rotatable bonds is 5. The summed E-state index contributed by atoms with van der Waals surface area (Å²) in [6.07, 6.45) is 1.68. The smallest absolute Gasteiger partial charge is 0.262 e. The number of hydrogen-bond donors (Lipinski definition) is 1. The van der Waals surface area contributed by atoms with Crippen LogP contribution in [-0.4, -0.2) is 24.6 Å². The Kier molecular flexibility index (Phi) is 4.82. The summed E-state index contributed by atoms with van der Waals surface area (Å²) in [6.45, 7) is -0.102. The molecule has 0 unspecified atom stereocenters. The highest BCUT2D eigenvalue weighted by Crippen LogP contribution is 2.29. The van der Waals surface area contributed by atoms with Crippen molar-refractivity contribution in [1.82, 2.24) is 4.98 Å². The van der Waals surface area contributed by atoms with Crippen LogP contribution in [0.3, 0.4) is 0 Å². The van der Waals surface area contributed by atoms with Crippen LogP contribution in [0.25, 0.3) is 10.9 Å². The first-order chi connectivity index (χ1) is 11.7. The summed E-state index contributed by atoms with van der Waals surface area (Å²) in [7, 11) is 1.58. The number of hydrogen-bond acceptors (Lipinski definition) is 4. The van der Waals surface area contributed by atoms with E-state index in [0.29, 0.717) is 27.7 Å². The van der Waals surface area contributed by atoms with E-state index in [1.165, 1.54) is 0 Å². The third-order valence-corrected chi connectivity index (χ3v) is 3.66. The van der Waals surface area contributed by atoms with Gasteiger partial charge in [-0.2, -0.15) is 0 Å². The number of halogens is 1. The molecular formula is C18H15ClN2O3. The first kappa shape index (κ1) is 16.1. The van der Waals surface area contributed by atoms with Crippen LogP contribution < -0.4 is 14.8 Å². The Hall–Kier alpha value is -2.79. The van der Waals surface area contributed by atoms with E-state index in [-0.39, 0.29) is 12.5 Å². The van der Waals surface area contributed by atoms with Gasteiger partial charge in [0.1, 0.15) is 17.0 Å². The Balaban J connectivity index is 1.72. The number of nitrogens with one attached hydrogen (secondary N) is 1. The number of pyridine rings is 1. The Morgan fingerprint density at radius 3 is 2.71 bits per heavy atom. The van der Waals surface area contributed by atoms with Gasteiger partial charge in [-0.1, -0.05) is 11.6 Å². The van der Waals surface area contributed by atoms with Crippen LogP contribution >= 0.6 is 11.6 Å². The zero-order chi connectivity index (χ0) is 16.9. The molecule has 0 spiro atoms. The molecule has 1 N–H and O–H groups in total. The van der Waals surface area contributed by atoms with E-state index in [0.717, 1.165) is 5.39 Å². The monoisotopic (exact) mass is 342 g/mol. The lowest BCUT2D eigenvalue weighted by Gasteiger charge is -2.11. The lowest BCUT2D eigenvalue weighted by Crippen LogP contribution is -2.20. The minimum atomic E-state index is -0.264. The molecule has 24 heavy (non-hydrogen) atoms. The molecule has 0 aliphatic rings. The van der Waals surface area contributed by atoms with Crippen LogP contribution in [0.15, 0.2) is 54.7 Å². The average Bonchev–Trinajstić information content (AvgIpc) is 2.61. The molecule has 2 aromatic carbocycles. The highest BCUT2D eigenvalue weighted by atomic mass is 35.5. The molecule has 0 saturated carbocycles. The molecular weight excluding hydrogens is 328 g/mol. The number of methoxy groups -OCH3 is 1. The molecule has 5 nitrogen and oxygen atoms in total. The quantitative estimate of drug-likeness (QED) is 0.763. The molecule has 1 amide bonds. The van der Waals surface area contributed by atoms with Gasteiger partial charge in [0.2, 0.25) is 0 Å². The maximum Gasteiger partial charge on any atom is 0.262 e. The zero-order valence-electron chi connectivity index (χ0n) is 13.0. The Bertz CT molecular complexity index is 866. The van der Waals surface area contributed by atoms with E-state index >= 15 is 0 Å². The second-order valence-corrected chi connectivity index (χ2v) is 5.44. The highest BCUT2D eigenvalue weighted by molar-refractivity contribution is 6.30. The Morgan fingerprint density at radius 2 is 1.96 bits per heavy atom. The van der Waals surface area contributed by atoms with Crippen LogP contribution in [0, 0.1) is 0 Å². The van der Waals surface area contributed by atoms with Crippen molar-refractivity contribution >= 4 is 34.1 Å². The maximum atomic E-state index is 12.1. The van der Waals surface area contributed by atoms with Crippen molar-refractivity contribution < 1.29 is 14.3 Å². The van der Waals surface area contributed by atoms with Crippen molar-refractivity contribution in [2.45, 2.75) is 0 Å². The molecule has 3 aromatic rings. The number of carbonyl (C=O) groups excluding carboxylic acids is 1. The lowest BCUT2D eigenvalue weighted by molar-refractivity contribution is -0.118. The van der Waals surface area contributed by atoms with Crippen LogP contribution in [0.4, 0.5) is 5.69 Å². The van der Waals surface area contributed by atoms with E-state index in [1.54, 1.807) is 49.7 Å². The summed E-state index contributed by atoms with van der Waals surface area (Å²) < 4.78 is 10.7. The fourth-order valence-corrected chi connectivity index (χ4v) is 2.41. The van der Waals surface area contributed by atoms with Crippen molar-refractivity contribution in [3.05, 3.63) is 59.8 Å². The van der Waals surface area contributed by atoms with Gasteiger partial charge in [-0.25, -0.2) is 0 Å². The standard InChI is InChI=1S/C18H15ClN2O3/c1-23-16-9-8-15(14-3-2-10-20-18(14)16)21-17(22)11-24-13-6-4-12(19)5-7-13/h2-10H,11H2,1H3,(H,21,22). The van der Waals surface area contributed by atoms with Crippen LogP contribution in [0.2, 0.25) is 5.02 Å². The largest absolute Gasteiger partial charge is 0.494 e. The molecule has 0 fully saturated rings. The Morgan fingerprint density at radius 1 is 1.17 bits per heavy atom. The second kappa shape index (κ2) is 7.19. The summed E-state index contributed by atoms with van der Waals surface area (Å²) in [4.78, 5) is 16.4. The molecule has 6 heteroatoms. The number of benzene rings is 2. The van der Waals surface area contributed by atoms with Crippen LogP contribution in [-0.2, 0) is 4.79 Å². The summed E-state index contributed by atoms with van der Waals surface area (Å²) in [5, 5.41) is 4.25. The van der Waals surface area contributed by atoms with E-state index in [9.17, 15) is 4.79 Å². The highest BCUT2D eigenvalue weighted by Gasteiger charge is 2.10. The molecule has 122 valence electrons. The van der Waals surface area contributed by atoms with E-state index in [2.05, 4.69) is 10.3 Å². The van der Waals surface area contributed by atoms with Crippen molar-refractivity contribution in [3.63, 3.8) is 0 Å². The fourth-order valence-electron chi connectivity index (χ4n) is 2.29. The molecule has 1 aromatic heterocycles. The van der Waals surface area contributed by atoms with Gasteiger partial charge < -0.3 is 14.8 Å². The van der Waals surface area contributed by atoms with Gasteiger partial charge in [-0.05, 0) is 48.5 Å². The number of nitrogens with zero attached hydrogens (tertiary/aromatic N) is 1. The first-order valence-corrected chi connectivity index (χ1v) is 7.65. The topological polar surface area (TPSA) is 60.5 Å². The lowest BCUT2D eigenvalue weighted by atomic mass is 10.1. The van der Waals surface area contributed by atoms with Gasteiger partial charge in [-0.3, -0.25) is 9.78 Å². The molecule has 0 aliphatic carbocycles. The van der Waals surface area contributed by atoms with Crippen LogP contribution in [0.1, 0.15) is 0 Å². The molecule has 0 saturated heterocycles. The average molecular weight is 343 g/mol. The molecule has 1 heterocycles. The van der Waals surface area contributed by atoms with E-state index in [1.807, 2.05) is 12.1 Å². The van der Waals surface area contributed by atoms with Gasteiger partial charge in [0, 0.05) is 16.6 Å². The van der Waals surface area contributed by atoms with E-state index in [4.69, 9.17) is 21.1 Å². The van der Waals surface area contributed by atoms with Crippen molar-refractivity contribution in [2.24, 2.45) is 0 Å². The van der Waals surface area contributed by atoms with Crippen LogP contribution in [0.5, 0.6) is 11.5 Å². The third-order valence-electron chi connectivity index (χ3n) is 3.41. The number of carbonyl (C=O) groups is 1. The minimum absolute atomic E-state index is 0.102. The molecule has 0 aliphatic heterocycles. The van der Waals surface area contributed by atoms with Gasteiger partial charge in [0.25, 0.3) is 5.91 Å². The summed E-state index contributed by atoms with van der Waals surface area (Å²) in [5.74, 6) is 0.970. The minimum Gasteiger partial charge on any atom is -0.494 e. The van der Waals surface area contributed by atoms with Crippen molar-refractivity contribution in [2.75, 3.05) is 19.0 Å². The predicted molar refractivity (Wildman–Crippen MR) is 93.9 cm³/mol. The number of aromatic nitrogens is 1. The van der Waals surface area contributed by atoms with Gasteiger partial charge in [-0.15, -0.1) is 0 Å². The number of amides is 1.